The molecule has 0 aromatic rings. The zero-order valence-electron chi connectivity index (χ0n) is 33.8. The monoisotopic (exact) mass is 782 g/mol. The summed E-state index contributed by atoms with van der Waals surface area (Å²) in [5, 5.41) is 10.1. The van der Waals surface area contributed by atoms with Crippen LogP contribution in [0.1, 0.15) is 162 Å². The number of hydrogen-bond donors (Lipinski definition) is 3. The SMILES string of the molecule is CCCCC/C=C\C/C=C\CC(O)/C=C\C=C\CCCC(=O)OC[C@H](COP(=O)(O)OCCN)OC(=O)CCCCCCCCC/C=C\CCCCCC. The number of hydrogen-bond acceptors (Lipinski definition) is 9. The van der Waals surface area contributed by atoms with Crippen LogP contribution in [0.4, 0.5) is 0 Å². The van der Waals surface area contributed by atoms with Crippen molar-refractivity contribution in [3.63, 3.8) is 0 Å². The Morgan fingerprint density at radius 3 is 1.89 bits per heavy atom. The van der Waals surface area contributed by atoms with Crippen LogP contribution in [0.5, 0.6) is 0 Å². The smallest absolute Gasteiger partial charge is 0.462 e. The number of carbonyl (C=O) groups is 2. The average Bonchev–Trinajstić information content (AvgIpc) is 3.15. The molecule has 0 saturated heterocycles. The van der Waals surface area contributed by atoms with Crippen molar-refractivity contribution in [2.24, 2.45) is 5.73 Å². The van der Waals surface area contributed by atoms with E-state index in [1.807, 2.05) is 18.2 Å². The summed E-state index contributed by atoms with van der Waals surface area (Å²) in [7, 11) is -4.41. The van der Waals surface area contributed by atoms with Crippen molar-refractivity contribution in [2.45, 2.75) is 174 Å². The number of ether oxygens (including phenoxy) is 2. The van der Waals surface area contributed by atoms with Gasteiger partial charge < -0.3 is 25.2 Å². The molecule has 0 spiro atoms. The first-order chi connectivity index (χ1) is 26.2. The Hall–Kier alpha value is -2.33. The fourth-order valence-corrected chi connectivity index (χ4v) is 6.05. The van der Waals surface area contributed by atoms with Crippen LogP contribution in [-0.2, 0) is 32.7 Å². The second kappa shape index (κ2) is 38.9. The number of unbranched alkanes of at least 4 members (excludes halogenated alkanes) is 15. The molecule has 2 unspecified atom stereocenters. The van der Waals surface area contributed by atoms with Crippen molar-refractivity contribution < 1.29 is 42.7 Å². The van der Waals surface area contributed by atoms with Crippen molar-refractivity contribution in [2.75, 3.05) is 26.4 Å². The molecule has 10 nitrogen and oxygen atoms in total. The molecule has 0 aliphatic carbocycles. The molecule has 0 aromatic carbocycles. The topological polar surface area (TPSA) is 155 Å². The first-order valence-electron chi connectivity index (χ1n) is 20.9. The second-order valence-electron chi connectivity index (χ2n) is 13.7. The van der Waals surface area contributed by atoms with Gasteiger partial charge in [0.15, 0.2) is 6.10 Å². The summed E-state index contributed by atoms with van der Waals surface area (Å²) in [5.41, 5.74) is 5.33. The molecule has 0 heterocycles. The highest BCUT2D eigenvalue weighted by molar-refractivity contribution is 7.47. The van der Waals surface area contributed by atoms with E-state index in [9.17, 15) is 24.2 Å². The Morgan fingerprint density at radius 2 is 1.20 bits per heavy atom. The van der Waals surface area contributed by atoms with Crippen LogP contribution in [0.25, 0.3) is 0 Å². The van der Waals surface area contributed by atoms with Gasteiger partial charge in [0.2, 0.25) is 0 Å². The third-order valence-corrected chi connectivity index (χ3v) is 9.44. The van der Waals surface area contributed by atoms with E-state index in [0.717, 1.165) is 38.5 Å². The Kier molecular flexibility index (Phi) is 37.2. The maximum Gasteiger partial charge on any atom is 0.472 e. The summed E-state index contributed by atoms with van der Waals surface area (Å²) in [6.45, 7) is 3.50. The molecule has 0 aliphatic heterocycles. The minimum absolute atomic E-state index is 0.0309. The van der Waals surface area contributed by atoms with Gasteiger partial charge in [-0.1, -0.05) is 139 Å². The number of nitrogens with two attached hydrogens (primary N) is 1. The Labute approximate surface area is 328 Å². The lowest BCUT2D eigenvalue weighted by molar-refractivity contribution is -0.161. The highest BCUT2D eigenvalue weighted by Gasteiger charge is 2.25. The molecular weight excluding hydrogens is 705 g/mol. The largest absolute Gasteiger partial charge is 0.472 e. The van der Waals surface area contributed by atoms with Gasteiger partial charge >= 0.3 is 19.8 Å². The van der Waals surface area contributed by atoms with Gasteiger partial charge in [0, 0.05) is 19.4 Å². The molecular formula is C43H76NO9P. The maximum atomic E-state index is 12.6. The fraction of sp³-hybridized carbons (Fsp3) is 0.721. The number of phosphoric ester groups is 1. The van der Waals surface area contributed by atoms with E-state index in [-0.39, 0.29) is 32.6 Å². The Morgan fingerprint density at radius 1 is 0.648 bits per heavy atom. The quantitative estimate of drug-likeness (QED) is 0.0181. The highest BCUT2D eigenvalue weighted by Crippen LogP contribution is 2.43. The summed E-state index contributed by atoms with van der Waals surface area (Å²) in [6.07, 6.45) is 41.3. The third-order valence-electron chi connectivity index (χ3n) is 8.46. The Balaban J connectivity index is 4.37. The molecule has 0 saturated carbocycles. The van der Waals surface area contributed by atoms with E-state index in [4.69, 9.17) is 24.3 Å². The van der Waals surface area contributed by atoms with Gasteiger partial charge in [-0.15, -0.1) is 0 Å². The van der Waals surface area contributed by atoms with Gasteiger partial charge in [-0.25, -0.2) is 4.57 Å². The molecule has 11 heteroatoms. The maximum absolute atomic E-state index is 12.6. The summed E-state index contributed by atoms with van der Waals surface area (Å²) >= 11 is 0. The van der Waals surface area contributed by atoms with Crippen LogP contribution >= 0.6 is 7.82 Å². The van der Waals surface area contributed by atoms with Crippen LogP contribution in [0, 0.1) is 0 Å². The van der Waals surface area contributed by atoms with Gasteiger partial charge in [0.25, 0.3) is 0 Å². The molecule has 0 fully saturated rings. The molecule has 0 rings (SSSR count). The Bertz CT molecular complexity index is 1090. The molecule has 0 radical (unpaired) electrons. The number of rotatable bonds is 38. The van der Waals surface area contributed by atoms with Crippen molar-refractivity contribution in [1.82, 2.24) is 0 Å². The first-order valence-corrected chi connectivity index (χ1v) is 22.4. The number of aliphatic hydroxyl groups excluding tert-OH is 1. The minimum Gasteiger partial charge on any atom is -0.462 e. The summed E-state index contributed by atoms with van der Waals surface area (Å²) in [4.78, 5) is 34.8. The third kappa shape index (κ3) is 38.0. The molecule has 0 bridgehead atoms. The number of esters is 2. The van der Waals surface area contributed by atoms with E-state index >= 15 is 0 Å². The standard InChI is InChI=1S/C43H76NO9P/c1-3-5-7-9-11-13-14-15-16-17-18-20-22-26-31-35-43(47)53-41(39-52-54(48,49)51-37-36-44)38-50-42(46)34-30-27-23-25-29-33-40(45)32-28-24-21-19-12-10-8-6-4-2/h12-14,19,23-25,28-29,33,40-41,45H,3-11,15-18,20-22,26-27,30-32,34-39,44H2,1-2H3,(H,48,49)/b14-13-,19-12-,25-23+,28-24-,33-29-/t40?,41-/m1/s1. The molecule has 54 heavy (non-hydrogen) atoms. The summed E-state index contributed by atoms with van der Waals surface area (Å²) in [6, 6.07) is 0. The van der Waals surface area contributed by atoms with Gasteiger partial charge in [-0.2, -0.15) is 0 Å². The van der Waals surface area contributed by atoms with Crippen LogP contribution in [-0.4, -0.2) is 60.5 Å². The molecule has 0 aromatic heterocycles. The van der Waals surface area contributed by atoms with Crippen molar-refractivity contribution in [1.29, 1.82) is 0 Å². The lowest BCUT2D eigenvalue weighted by atomic mass is 10.1. The van der Waals surface area contributed by atoms with Crippen LogP contribution in [0.15, 0.2) is 60.8 Å². The van der Waals surface area contributed by atoms with Crippen LogP contribution in [0.3, 0.4) is 0 Å². The van der Waals surface area contributed by atoms with Gasteiger partial charge in [-0.05, 0) is 70.6 Å². The van der Waals surface area contributed by atoms with Gasteiger partial charge in [0.1, 0.15) is 6.61 Å². The van der Waals surface area contributed by atoms with E-state index in [2.05, 4.69) is 44.2 Å². The van der Waals surface area contributed by atoms with Gasteiger partial charge in [-0.3, -0.25) is 18.6 Å². The number of carbonyl (C=O) groups excluding carboxylic acids is 2. The van der Waals surface area contributed by atoms with Crippen molar-refractivity contribution in [3.8, 4) is 0 Å². The zero-order valence-corrected chi connectivity index (χ0v) is 34.7. The van der Waals surface area contributed by atoms with E-state index in [0.29, 0.717) is 25.7 Å². The molecule has 3 atom stereocenters. The minimum atomic E-state index is -4.41. The lowest BCUT2D eigenvalue weighted by Gasteiger charge is -2.19. The van der Waals surface area contributed by atoms with Crippen molar-refractivity contribution in [3.05, 3.63) is 60.8 Å². The predicted octanol–water partition coefficient (Wildman–Crippen LogP) is 10.7. The zero-order chi connectivity index (χ0) is 39.8. The number of phosphoric acid groups is 1. The van der Waals surface area contributed by atoms with Gasteiger partial charge in [0.05, 0.1) is 19.3 Å². The van der Waals surface area contributed by atoms with E-state index in [1.165, 1.54) is 70.6 Å². The molecule has 0 amide bonds. The van der Waals surface area contributed by atoms with Crippen molar-refractivity contribution >= 4 is 19.8 Å². The fourth-order valence-electron chi connectivity index (χ4n) is 5.29. The first kappa shape index (κ1) is 51.7. The second-order valence-corrected chi connectivity index (χ2v) is 15.2. The highest BCUT2D eigenvalue weighted by atomic mass is 31.2. The predicted molar refractivity (Wildman–Crippen MR) is 221 cm³/mol. The number of allylic oxidation sites excluding steroid dienone is 8. The molecule has 4 N–H and O–H groups in total. The average molecular weight is 782 g/mol. The van der Waals surface area contributed by atoms with Crippen LogP contribution in [0.2, 0.25) is 0 Å². The number of aliphatic hydroxyl groups is 1. The normalized spacial score (nSPS) is 14.5. The summed E-state index contributed by atoms with van der Waals surface area (Å²) < 4.78 is 32.6. The lowest BCUT2D eigenvalue weighted by Crippen LogP contribution is -2.29. The van der Waals surface area contributed by atoms with E-state index in [1.54, 1.807) is 12.2 Å². The molecule has 0 aliphatic rings. The van der Waals surface area contributed by atoms with E-state index < -0.39 is 38.6 Å². The van der Waals surface area contributed by atoms with Crippen LogP contribution < -0.4 is 5.73 Å². The molecule has 312 valence electrons. The summed E-state index contributed by atoms with van der Waals surface area (Å²) in [5.74, 6) is -0.968.